The summed E-state index contributed by atoms with van der Waals surface area (Å²) in [5.74, 6) is -0.352. The molecule has 0 aliphatic carbocycles. The van der Waals surface area contributed by atoms with Crippen LogP contribution in [0.5, 0.6) is 0 Å². The summed E-state index contributed by atoms with van der Waals surface area (Å²) in [6.07, 6.45) is 3.43. The molecule has 0 radical (unpaired) electrons. The topological polar surface area (TPSA) is 83.4 Å². The molecule has 3 atom stereocenters. The minimum atomic E-state index is -0.596. The summed E-state index contributed by atoms with van der Waals surface area (Å²) in [4.78, 5) is 23.9. The zero-order chi connectivity index (χ0) is 14.5. The van der Waals surface area contributed by atoms with Crippen LogP contribution in [0.25, 0.3) is 0 Å². The van der Waals surface area contributed by atoms with E-state index in [1.54, 1.807) is 19.1 Å². The lowest BCUT2D eigenvalue weighted by molar-refractivity contribution is -0.123. The first-order valence-electron chi connectivity index (χ1n) is 6.96. The highest BCUT2D eigenvalue weighted by Crippen LogP contribution is 2.08. The van der Waals surface area contributed by atoms with Crippen molar-refractivity contribution in [2.75, 3.05) is 6.54 Å². The fourth-order valence-electron chi connectivity index (χ4n) is 2.29. The molecule has 2 heterocycles. The SMILES string of the molecule is CC(NC(=O)c1ccco1)C(=O)NC1CCCNC1C.Cl. The number of hydrogen-bond donors (Lipinski definition) is 3. The summed E-state index contributed by atoms with van der Waals surface area (Å²) >= 11 is 0. The van der Waals surface area contributed by atoms with Crippen molar-refractivity contribution < 1.29 is 14.0 Å². The fourth-order valence-corrected chi connectivity index (χ4v) is 2.29. The first-order valence-corrected chi connectivity index (χ1v) is 6.96. The van der Waals surface area contributed by atoms with Crippen LogP contribution in [0.15, 0.2) is 22.8 Å². The van der Waals surface area contributed by atoms with Crippen LogP contribution in [0.3, 0.4) is 0 Å². The largest absolute Gasteiger partial charge is 0.459 e. The molecule has 7 heteroatoms. The lowest BCUT2D eigenvalue weighted by Gasteiger charge is -2.31. The van der Waals surface area contributed by atoms with E-state index in [2.05, 4.69) is 22.9 Å². The summed E-state index contributed by atoms with van der Waals surface area (Å²) in [6.45, 7) is 4.70. The second-order valence-electron chi connectivity index (χ2n) is 5.17. The van der Waals surface area contributed by atoms with Crippen LogP contribution < -0.4 is 16.0 Å². The van der Waals surface area contributed by atoms with Gasteiger partial charge in [0.2, 0.25) is 5.91 Å². The van der Waals surface area contributed by atoms with E-state index in [1.807, 2.05) is 0 Å². The van der Waals surface area contributed by atoms with Crippen LogP contribution in [0.1, 0.15) is 37.2 Å². The molecular weight excluding hydrogens is 294 g/mol. The van der Waals surface area contributed by atoms with Crippen LogP contribution in [0.2, 0.25) is 0 Å². The normalized spacial score (nSPS) is 22.8. The maximum atomic E-state index is 12.1. The summed E-state index contributed by atoms with van der Waals surface area (Å²) < 4.78 is 4.99. The third kappa shape index (κ3) is 4.75. The third-order valence-corrected chi connectivity index (χ3v) is 3.58. The van der Waals surface area contributed by atoms with Gasteiger partial charge in [-0.3, -0.25) is 9.59 Å². The number of hydrogen-bond acceptors (Lipinski definition) is 4. The Morgan fingerprint density at radius 2 is 2.24 bits per heavy atom. The number of halogens is 1. The van der Waals surface area contributed by atoms with Gasteiger partial charge in [-0.2, -0.15) is 0 Å². The van der Waals surface area contributed by atoms with E-state index in [4.69, 9.17) is 4.42 Å². The Bertz CT molecular complexity index is 464. The highest BCUT2D eigenvalue weighted by atomic mass is 35.5. The van der Waals surface area contributed by atoms with Gasteiger partial charge in [-0.15, -0.1) is 12.4 Å². The summed E-state index contributed by atoms with van der Waals surface area (Å²) in [5.41, 5.74) is 0. The number of piperidine rings is 1. The quantitative estimate of drug-likeness (QED) is 0.776. The number of rotatable bonds is 4. The maximum Gasteiger partial charge on any atom is 0.287 e. The molecule has 1 saturated heterocycles. The van der Waals surface area contributed by atoms with Crippen molar-refractivity contribution >= 4 is 24.2 Å². The van der Waals surface area contributed by atoms with Crippen molar-refractivity contribution in [2.45, 2.75) is 44.8 Å². The molecule has 1 aliphatic rings. The van der Waals surface area contributed by atoms with Gasteiger partial charge in [0.25, 0.3) is 5.91 Å². The van der Waals surface area contributed by atoms with Gasteiger partial charge in [0.05, 0.1) is 6.26 Å². The number of furan rings is 1. The molecule has 1 aromatic heterocycles. The Morgan fingerprint density at radius 3 is 2.86 bits per heavy atom. The van der Waals surface area contributed by atoms with E-state index in [9.17, 15) is 9.59 Å². The lowest BCUT2D eigenvalue weighted by Crippen LogP contribution is -2.55. The van der Waals surface area contributed by atoms with E-state index >= 15 is 0 Å². The maximum absolute atomic E-state index is 12.1. The molecule has 2 rings (SSSR count). The summed E-state index contributed by atoms with van der Waals surface area (Å²) in [5, 5.41) is 8.92. The number of carbonyl (C=O) groups excluding carboxylic acids is 2. The van der Waals surface area contributed by atoms with Crippen molar-refractivity contribution in [3.8, 4) is 0 Å². The molecule has 21 heavy (non-hydrogen) atoms. The van der Waals surface area contributed by atoms with Gasteiger partial charge in [0, 0.05) is 12.1 Å². The fraction of sp³-hybridized carbons (Fsp3) is 0.571. The number of carbonyl (C=O) groups is 2. The summed E-state index contributed by atoms with van der Waals surface area (Å²) in [6, 6.07) is 2.96. The number of nitrogens with one attached hydrogen (secondary N) is 3. The highest BCUT2D eigenvalue weighted by molar-refractivity contribution is 5.95. The van der Waals surface area contributed by atoms with Gasteiger partial charge in [-0.25, -0.2) is 0 Å². The average molecular weight is 316 g/mol. The molecule has 2 amide bonds. The van der Waals surface area contributed by atoms with Gasteiger partial charge < -0.3 is 20.4 Å². The van der Waals surface area contributed by atoms with Gasteiger partial charge in [-0.1, -0.05) is 0 Å². The minimum absolute atomic E-state index is 0. The highest BCUT2D eigenvalue weighted by Gasteiger charge is 2.25. The average Bonchev–Trinajstić information content (AvgIpc) is 2.95. The van der Waals surface area contributed by atoms with E-state index < -0.39 is 6.04 Å². The second-order valence-corrected chi connectivity index (χ2v) is 5.17. The molecule has 1 fully saturated rings. The van der Waals surface area contributed by atoms with E-state index in [1.165, 1.54) is 6.26 Å². The minimum Gasteiger partial charge on any atom is -0.459 e. The van der Waals surface area contributed by atoms with Crippen molar-refractivity contribution in [1.82, 2.24) is 16.0 Å². The Hall–Kier alpha value is -1.53. The van der Waals surface area contributed by atoms with E-state index in [0.717, 1.165) is 19.4 Å². The zero-order valence-electron chi connectivity index (χ0n) is 12.2. The van der Waals surface area contributed by atoms with Gasteiger partial charge >= 0.3 is 0 Å². The Morgan fingerprint density at radius 1 is 1.48 bits per heavy atom. The molecule has 1 aliphatic heterocycles. The Kier molecular flexibility index (Phi) is 6.71. The van der Waals surface area contributed by atoms with Crippen molar-refractivity contribution in [3.05, 3.63) is 24.2 Å². The van der Waals surface area contributed by atoms with Crippen molar-refractivity contribution in [2.24, 2.45) is 0 Å². The Balaban J connectivity index is 0.00000220. The molecule has 0 bridgehead atoms. The monoisotopic (exact) mass is 315 g/mol. The molecule has 6 nitrogen and oxygen atoms in total. The van der Waals surface area contributed by atoms with Crippen LogP contribution in [-0.2, 0) is 4.79 Å². The molecule has 0 saturated carbocycles. The Labute approximate surface area is 130 Å². The molecule has 0 aromatic carbocycles. The first kappa shape index (κ1) is 17.5. The van der Waals surface area contributed by atoms with Gasteiger partial charge in [-0.05, 0) is 45.4 Å². The van der Waals surface area contributed by atoms with Crippen molar-refractivity contribution in [3.63, 3.8) is 0 Å². The van der Waals surface area contributed by atoms with Crippen LogP contribution in [0, 0.1) is 0 Å². The predicted octanol–water partition coefficient (Wildman–Crippen LogP) is 1.08. The zero-order valence-corrected chi connectivity index (χ0v) is 13.0. The van der Waals surface area contributed by atoms with E-state index in [-0.39, 0.29) is 42.1 Å². The molecule has 3 N–H and O–H groups in total. The van der Waals surface area contributed by atoms with Crippen LogP contribution in [-0.4, -0.2) is 36.5 Å². The third-order valence-electron chi connectivity index (χ3n) is 3.58. The second kappa shape index (κ2) is 8.05. The van der Waals surface area contributed by atoms with Gasteiger partial charge in [0.1, 0.15) is 6.04 Å². The van der Waals surface area contributed by atoms with E-state index in [0.29, 0.717) is 0 Å². The smallest absolute Gasteiger partial charge is 0.287 e. The standard InChI is InChI=1S/C14H21N3O3.ClH/c1-9-11(5-3-7-15-9)17-13(18)10(2)16-14(19)12-6-4-8-20-12;/h4,6,8-11,15H,3,5,7H2,1-2H3,(H,16,19)(H,17,18);1H. The summed E-state index contributed by atoms with van der Waals surface area (Å²) in [7, 11) is 0. The first-order chi connectivity index (χ1) is 9.58. The molecule has 1 aromatic rings. The molecule has 0 spiro atoms. The lowest BCUT2D eigenvalue weighted by atomic mass is 9.99. The molecular formula is C14H22ClN3O3. The predicted molar refractivity (Wildman–Crippen MR) is 81.5 cm³/mol. The number of amides is 2. The van der Waals surface area contributed by atoms with Crippen LogP contribution in [0.4, 0.5) is 0 Å². The van der Waals surface area contributed by atoms with Crippen LogP contribution >= 0.6 is 12.4 Å². The van der Waals surface area contributed by atoms with Gasteiger partial charge in [0.15, 0.2) is 5.76 Å². The van der Waals surface area contributed by atoms with Crippen molar-refractivity contribution in [1.29, 1.82) is 0 Å². The molecule has 118 valence electrons. The molecule has 3 unspecified atom stereocenters.